The van der Waals surface area contributed by atoms with Crippen LogP contribution in [0.25, 0.3) is 27.8 Å². The molecule has 0 amide bonds. The molecule has 4 aromatic rings. The number of halogens is 5. The first-order chi connectivity index (χ1) is 11.8. The molecule has 4 rings (SSSR count). The number of hydrogen-bond acceptors (Lipinski definition) is 3. The summed E-state index contributed by atoms with van der Waals surface area (Å²) in [5, 5.41) is 9.22. The van der Waals surface area contributed by atoms with Gasteiger partial charge in [-0.1, -0.05) is 40.5 Å². The molecule has 0 unspecified atom stereocenters. The van der Waals surface area contributed by atoms with Crippen LogP contribution in [-0.4, -0.2) is 19.8 Å². The third-order valence-electron chi connectivity index (χ3n) is 3.72. The van der Waals surface area contributed by atoms with Crippen LogP contribution in [0.5, 0.6) is 0 Å². The van der Waals surface area contributed by atoms with Crippen LogP contribution in [0, 0.1) is 0 Å². The van der Waals surface area contributed by atoms with Gasteiger partial charge < -0.3 is 0 Å². The first kappa shape index (κ1) is 16.1. The lowest BCUT2D eigenvalue weighted by Crippen LogP contribution is -2.04. The summed E-state index contributed by atoms with van der Waals surface area (Å²) in [6.07, 6.45) is -4.45. The van der Waals surface area contributed by atoms with Gasteiger partial charge in [-0.25, -0.2) is 4.98 Å². The van der Waals surface area contributed by atoms with Crippen molar-refractivity contribution in [2.45, 2.75) is 6.18 Å². The zero-order valence-corrected chi connectivity index (χ0v) is 13.7. The monoisotopic (exact) mass is 382 g/mol. The Morgan fingerprint density at radius 1 is 1.00 bits per heavy atom. The van der Waals surface area contributed by atoms with Crippen LogP contribution in [0.2, 0.25) is 10.2 Å². The Balaban J connectivity index is 1.99. The van der Waals surface area contributed by atoms with Gasteiger partial charge in [0.2, 0.25) is 0 Å². The second kappa shape index (κ2) is 5.57. The average molecular weight is 383 g/mol. The molecule has 0 saturated carbocycles. The number of fused-ring (bicyclic) bond motifs is 3. The van der Waals surface area contributed by atoms with E-state index >= 15 is 0 Å². The van der Waals surface area contributed by atoms with E-state index in [4.69, 9.17) is 23.2 Å². The van der Waals surface area contributed by atoms with E-state index in [1.165, 1.54) is 16.6 Å². The van der Waals surface area contributed by atoms with Gasteiger partial charge in [0.25, 0.3) is 0 Å². The maximum absolute atomic E-state index is 12.9. The van der Waals surface area contributed by atoms with Gasteiger partial charge in [0.1, 0.15) is 10.8 Å². The van der Waals surface area contributed by atoms with E-state index in [2.05, 4.69) is 15.3 Å². The summed E-state index contributed by atoms with van der Waals surface area (Å²) in [4.78, 5) is 4.24. The second-order valence-electron chi connectivity index (χ2n) is 5.32. The molecule has 126 valence electrons. The highest BCUT2D eigenvalue weighted by atomic mass is 35.5. The SMILES string of the molecule is FC(F)(F)c1cccc(-c2nnn3c2nc(Cl)c2cc(Cl)ccc23)c1. The molecule has 2 aromatic heterocycles. The van der Waals surface area contributed by atoms with Gasteiger partial charge >= 0.3 is 6.18 Å². The van der Waals surface area contributed by atoms with Crippen molar-refractivity contribution in [3.63, 3.8) is 0 Å². The third kappa shape index (κ3) is 2.69. The fourth-order valence-electron chi connectivity index (χ4n) is 2.58. The summed E-state index contributed by atoms with van der Waals surface area (Å²) < 4.78 is 40.3. The molecule has 4 nitrogen and oxygen atoms in total. The maximum Gasteiger partial charge on any atom is 0.416 e. The predicted octanol–water partition coefficient (Wildman–Crippen LogP) is 5.27. The number of benzene rings is 2. The Morgan fingerprint density at radius 3 is 2.56 bits per heavy atom. The van der Waals surface area contributed by atoms with Gasteiger partial charge in [0.15, 0.2) is 5.65 Å². The van der Waals surface area contributed by atoms with Crippen molar-refractivity contribution in [3.8, 4) is 11.3 Å². The molecular formula is C16H7Cl2F3N4. The van der Waals surface area contributed by atoms with Gasteiger partial charge in [0.05, 0.1) is 11.1 Å². The minimum atomic E-state index is -4.45. The fraction of sp³-hybridized carbons (Fsp3) is 0.0625. The number of alkyl halides is 3. The van der Waals surface area contributed by atoms with Crippen molar-refractivity contribution in [2.75, 3.05) is 0 Å². The molecule has 0 bridgehead atoms. The maximum atomic E-state index is 12.9. The third-order valence-corrected chi connectivity index (χ3v) is 4.25. The standard InChI is InChI=1S/C16H7Cl2F3N4/c17-10-4-5-12-11(7-10)14(18)22-15-13(23-24-25(12)15)8-2-1-3-9(6-8)16(19,20)21/h1-7H. The molecule has 0 N–H and O–H groups in total. The van der Waals surface area contributed by atoms with Crippen molar-refractivity contribution in [1.29, 1.82) is 0 Å². The van der Waals surface area contributed by atoms with E-state index in [-0.39, 0.29) is 22.1 Å². The first-order valence-corrected chi connectivity index (χ1v) is 7.78. The molecule has 2 aromatic carbocycles. The number of nitrogens with zero attached hydrogens (tertiary/aromatic N) is 4. The van der Waals surface area contributed by atoms with Crippen LogP contribution in [-0.2, 0) is 6.18 Å². The van der Waals surface area contributed by atoms with Gasteiger partial charge in [-0.15, -0.1) is 5.10 Å². The molecule has 2 heterocycles. The topological polar surface area (TPSA) is 43.1 Å². The Labute approximate surface area is 148 Å². The molecule has 0 fully saturated rings. The van der Waals surface area contributed by atoms with Crippen molar-refractivity contribution in [1.82, 2.24) is 19.8 Å². The molecule has 0 radical (unpaired) electrons. The van der Waals surface area contributed by atoms with Crippen LogP contribution >= 0.6 is 23.2 Å². The molecule has 25 heavy (non-hydrogen) atoms. The highest BCUT2D eigenvalue weighted by Crippen LogP contribution is 2.33. The molecule has 0 saturated heterocycles. The predicted molar refractivity (Wildman–Crippen MR) is 88.7 cm³/mol. The quantitative estimate of drug-likeness (QED) is 0.421. The molecule has 0 aliphatic heterocycles. The summed E-state index contributed by atoms with van der Waals surface area (Å²) in [6.45, 7) is 0. The van der Waals surface area contributed by atoms with E-state index in [1.807, 2.05) is 0 Å². The largest absolute Gasteiger partial charge is 0.416 e. The zero-order valence-electron chi connectivity index (χ0n) is 12.2. The van der Waals surface area contributed by atoms with Crippen LogP contribution in [0.4, 0.5) is 13.2 Å². The lowest BCUT2D eigenvalue weighted by Gasteiger charge is -2.07. The zero-order chi connectivity index (χ0) is 17.8. The van der Waals surface area contributed by atoms with E-state index in [1.54, 1.807) is 18.2 Å². The van der Waals surface area contributed by atoms with Crippen molar-refractivity contribution >= 4 is 39.8 Å². The normalized spacial score (nSPS) is 12.2. The van der Waals surface area contributed by atoms with E-state index in [0.29, 0.717) is 15.9 Å². The summed E-state index contributed by atoms with van der Waals surface area (Å²) in [5.41, 5.74) is 0.556. The van der Waals surface area contributed by atoms with Crippen molar-refractivity contribution in [2.24, 2.45) is 0 Å². The summed E-state index contributed by atoms with van der Waals surface area (Å²) in [5.74, 6) is 0. The fourth-order valence-corrected chi connectivity index (χ4v) is 2.98. The van der Waals surface area contributed by atoms with E-state index < -0.39 is 11.7 Å². The van der Waals surface area contributed by atoms with Crippen LogP contribution in [0.15, 0.2) is 42.5 Å². The van der Waals surface area contributed by atoms with E-state index in [9.17, 15) is 13.2 Å². The summed E-state index contributed by atoms with van der Waals surface area (Å²) >= 11 is 12.2. The Bertz CT molecular complexity index is 1120. The Morgan fingerprint density at radius 2 is 1.80 bits per heavy atom. The minimum Gasteiger partial charge on any atom is -0.214 e. The summed E-state index contributed by atoms with van der Waals surface area (Å²) in [6, 6.07) is 9.82. The summed E-state index contributed by atoms with van der Waals surface area (Å²) in [7, 11) is 0. The molecule has 0 aliphatic rings. The van der Waals surface area contributed by atoms with Crippen molar-refractivity contribution < 1.29 is 13.2 Å². The van der Waals surface area contributed by atoms with Crippen LogP contribution in [0.3, 0.4) is 0 Å². The molecular weight excluding hydrogens is 376 g/mol. The van der Waals surface area contributed by atoms with E-state index in [0.717, 1.165) is 12.1 Å². The average Bonchev–Trinajstić information content (AvgIpc) is 2.98. The Hall–Kier alpha value is -2.38. The highest BCUT2D eigenvalue weighted by Gasteiger charge is 2.31. The lowest BCUT2D eigenvalue weighted by atomic mass is 10.1. The molecule has 9 heteroatoms. The Kier molecular flexibility index (Phi) is 3.59. The molecule has 0 atom stereocenters. The number of hydrogen-bond donors (Lipinski definition) is 0. The van der Waals surface area contributed by atoms with Gasteiger partial charge in [-0.3, -0.25) is 0 Å². The first-order valence-electron chi connectivity index (χ1n) is 7.02. The highest BCUT2D eigenvalue weighted by molar-refractivity contribution is 6.36. The second-order valence-corrected chi connectivity index (χ2v) is 6.11. The van der Waals surface area contributed by atoms with Gasteiger partial charge in [-0.05, 0) is 30.3 Å². The number of rotatable bonds is 1. The lowest BCUT2D eigenvalue weighted by molar-refractivity contribution is -0.137. The minimum absolute atomic E-state index is 0.167. The van der Waals surface area contributed by atoms with Crippen LogP contribution in [0.1, 0.15) is 5.56 Å². The van der Waals surface area contributed by atoms with Crippen molar-refractivity contribution in [3.05, 3.63) is 58.2 Å². The number of aromatic nitrogens is 4. The smallest absolute Gasteiger partial charge is 0.214 e. The molecule has 0 spiro atoms. The van der Waals surface area contributed by atoms with Gasteiger partial charge in [0, 0.05) is 16.0 Å². The van der Waals surface area contributed by atoms with Crippen LogP contribution < -0.4 is 0 Å². The molecule has 0 aliphatic carbocycles. The van der Waals surface area contributed by atoms with Gasteiger partial charge in [-0.2, -0.15) is 17.7 Å².